The van der Waals surface area contributed by atoms with Crippen LogP contribution in [0.15, 0.2) is 12.3 Å². The number of piperidine rings is 1. The van der Waals surface area contributed by atoms with Crippen LogP contribution in [0.5, 0.6) is 0 Å². The third kappa shape index (κ3) is 3.21. The molecule has 1 saturated heterocycles. The van der Waals surface area contributed by atoms with Gasteiger partial charge in [0.2, 0.25) is 0 Å². The summed E-state index contributed by atoms with van der Waals surface area (Å²) >= 11 is 0. The molecule has 1 aliphatic heterocycles. The third-order valence-electron chi connectivity index (χ3n) is 2.35. The van der Waals surface area contributed by atoms with Gasteiger partial charge in [0, 0.05) is 19.3 Å². The van der Waals surface area contributed by atoms with Crippen LogP contribution in [-0.4, -0.2) is 34.2 Å². The molecule has 15 heavy (non-hydrogen) atoms. The average molecular weight is 231 g/mol. The van der Waals surface area contributed by atoms with Crippen molar-refractivity contribution in [3.63, 3.8) is 0 Å². The summed E-state index contributed by atoms with van der Waals surface area (Å²) in [5.74, 6) is -0.131. The predicted octanol–water partition coefficient (Wildman–Crippen LogP) is 0.962. The number of amides is 1. The van der Waals surface area contributed by atoms with E-state index in [2.05, 4.69) is 15.6 Å². The van der Waals surface area contributed by atoms with E-state index in [9.17, 15) is 4.79 Å². The minimum atomic E-state index is -0.131. The fourth-order valence-corrected chi connectivity index (χ4v) is 1.59. The van der Waals surface area contributed by atoms with Gasteiger partial charge in [0.1, 0.15) is 0 Å². The van der Waals surface area contributed by atoms with Crippen LogP contribution in [0.1, 0.15) is 29.8 Å². The van der Waals surface area contributed by atoms with Crippen LogP contribution in [0.3, 0.4) is 0 Å². The van der Waals surface area contributed by atoms with E-state index in [0.29, 0.717) is 5.69 Å². The van der Waals surface area contributed by atoms with Crippen LogP contribution in [-0.2, 0) is 0 Å². The standard InChI is InChI=1S/C9H14N4O.ClH/c14-9(8-4-5-10-11-8)12-13-6-2-1-3-7-13;/h4-5H,1-3,6-7H2,(H,10,11)(H,12,14);1H. The topological polar surface area (TPSA) is 61.0 Å². The molecular weight excluding hydrogens is 216 g/mol. The Labute approximate surface area is 94.6 Å². The highest BCUT2D eigenvalue weighted by molar-refractivity contribution is 5.91. The molecule has 1 aliphatic rings. The fourth-order valence-electron chi connectivity index (χ4n) is 1.59. The first-order valence-corrected chi connectivity index (χ1v) is 4.92. The van der Waals surface area contributed by atoms with Crippen LogP contribution < -0.4 is 5.43 Å². The minimum Gasteiger partial charge on any atom is -0.285 e. The van der Waals surface area contributed by atoms with Crippen LogP contribution >= 0.6 is 12.4 Å². The maximum Gasteiger partial charge on any atom is 0.286 e. The molecule has 0 saturated carbocycles. The molecule has 0 atom stereocenters. The van der Waals surface area contributed by atoms with E-state index in [1.165, 1.54) is 6.42 Å². The van der Waals surface area contributed by atoms with Crippen molar-refractivity contribution in [2.24, 2.45) is 0 Å². The number of nitrogens with one attached hydrogen (secondary N) is 2. The van der Waals surface area contributed by atoms with Crippen molar-refractivity contribution >= 4 is 18.3 Å². The number of rotatable bonds is 2. The highest BCUT2D eigenvalue weighted by atomic mass is 35.5. The Morgan fingerprint density at radius 1 is 1.40 bits per heavy atom. The lowest BCUT2D eigenvalue weighted by Gasteiger charge is -2.26. The van der Waals surface area contributed by atoms with Crippen molar-refractivity contribution in [2.45, 2.75) is 19.3 Å². The average Bonchev–Trinajstić information content (AvgIpc) is 2.72. The van der Waals surface area contributed by atoms with Crippen molar-refractivity contribution in [1.29, 1.82) is 0 Å². The summed E-state index contributed by atoms with van der Waals surface area (Å²) in [6.45, 7) is 1.88. The summed E-state index contributed by atoms with van der Waals surface area (Å²) in [5, 5.41) is 8.40. The lowest BCUT2D eigenvalue weighted by molar-refractivity contribution is 0.0744. The van der Waals surface area contributed by atoms with Gasteiger partial charge in [0.15, 0.2) is 5.69 Å². The number of aromatic amines is 1. The molecule has 2 N–H and O–H groups in total. The number of nitrogens with zero attached hydrogens (tertiary/aromatic N) is 2. The Morgan fingerprint density at radius 2 is 2.13 bits per heavy atom. The SMILES string of the molecule is Cl.O=C(NN1CCCCC1)c1cc[nH]n1. The summed E-state index contributed by atoms with van der Waals surface area (Å²) in [7, 11) is 0. The Hall–Kier alpha value is -1.07. The molecular formula is C9H15ClN4O. The summed E-state index contributed by atoms with van der Waals surface area (Å²) in [6.07, 6.45) is 5.21. The highest BCUT2D eigenvalue weighted by Crippen LogP contribution is 2.06. The predicted molar refractivity (Wildman–Crippen MR) is 58.7 cm³/mol. The fraction of sp³-hybridized carbons (Fsp3) is 0.556. The molecule has 0 aliphatic carbocycles. The van der Waals surface area contributed by atoms with Crippen molar-refractivity contribution in [2.75, 3.05) is 13.1 Å². The number of H-pyrrole nitrogens is 1. The maximum atomic E-state index is 11.5. The zero-order valence-corrected chi connectivity index (χ0v) is 9.22. The number of hydrazine groups is 1. The van der Waals surface area contributed by atoms with Gasteiger partial charge in [-0.1, -0.05) is 6.42 Å². The second-order valence-corrected chi connectivity index (χ2v) is 3.45. The summed E-state index contributed by atoms with van der Waals surface area (Å²) < 4.78 is 0. The molecule has 0 radical (unpaired) electrons. The number of carbonyl (C=O) groups is 1. The zero-order chi connectivity index (χ0) is 9.80. The van der Waals surface area contributed by atoms with Crippen molar-refractivity contribution in [3.05, 3.63) is 18.0 Å². The molecule has 0 spiro atoms. The Morgan fingerprint density at radius 3 is 2.73 bits per heavy atom. The Balaban J connectivity index is 0.00000112. The van der Waals surface area contributed by atoms with E-state index in [1.807, 2.05) is 5.01 Å². The molecule has 6 heteroatoms. The van der Waals surface area contributed by atoms with Crippen LogP contribution in [0, 0.1) is 0 Å². The van der Waals surface area contributed by atoms with Gasteiger partial charge in [0.25, 0.3) is 5.91 Å². The van der Waals surface area contributed by atoms with Gasteiger partial charge < -0.3 is 0 Å². The minimum absolute atomic E-state index is 0. The van der Waals surface area contributed by atoms with Crippen molar-refractivity contribution < 1.29 is 4.79 Å². The van der Waals surface area contributed by atoms with Crippen molar-refractivity contribution in [1.82, 2.24) is 20.6 Å². The first kappa shape index (κ1) is 12.0. The lowest BCUT2D eigenvalue weighted by atomic mass is 10.2. The Kier molecular flexibility index (Phi) is 4.58. The number of halogens is 1. The number of aromatic nitrogens is 2. The Bertz CT molecular complexity index is 295. The first-order chi connectivity index (χ1) is 6.86. The van der Waals surface area contributed by atoms with Gasteiger partial charge in [-0.25, -0.2) is 5.01 Å². The summed E-state index contributed by atoms with van der Waals surface area (Å²) in [5.41, 5.74) is 3.27. The molecule has 2 rings (SSSR count). The number of hydrogen-bond donors (Lipinski definition) is 2. The molecule has 84 valence electrons. The first-order valence-electron chi connectivity index (χ1n) is 4.92. The van der Waals surface area contributed by atoms with E-state index >= 15 is 0 Å². The van der Waals surface area contributed by atoms with E-state index in [-0.39, 0.29) is 18.3 Å². The van der Waals surface area contributed by atoms with Gasteiger partial charge in [-0.05, 0) is 18.9 Å². The summed E-state index contributed by atoms with van der Waals surface area (Å²) in [4.78, 5) is 11.5. The lowest BCUT2D eigenvalue weighted by Crippen LogP contribution is -2.45. The monoisotopic (exact) mass is 230 g/mol. The van der Waals surface area contributed by atoms with Gasteiger partial charge in [-0.2, -0.15) is 5.10 Å². The number of hydrogen-bond acceptors (Lipinski definition) is 3. The van der Waals surface area contributed by atoms with Gasteiger partial charge in [0.05, 0.1) is 0 Å². The molecule has 0 bridgehead atoms. The third-order valence-corrected chi connectivity index (χ3v) is 2.35. The largest absolute Gasteiger partial charge is 0.286 e. The molecule has 1 fully saturated rings. The molecule has 5 nitrogen and oxygen atoms in total. The van der Waals surface area contributed by atoms with E-state index in [0.717, 1.165) is 25.9 Å². The maximum absolute atomic E-state index is 11.5. The van der Waals surface area contributed by atoms with Crippen LogP contribution in [0.4, 0.5) is 0 Å². The highest BCUT2D eigenvalue weighted by Gasteiger charge is 2.14. The normalized spacial score (nSPS) is 16.8. The summed E-state index contributed by atoms with van der Waals surface area (Å²) in [6, 6.07) is 1.67. The van der Waals surface area contributed by atoms with Gasteiger partial charge >= 0.3 is 0 Å². The smallest absolute Gasteiger partial charge is 0.285 e. The van der Waals surface area contributed by atoms with E-state index < -0.39 is 0 Å². The zero-order valence-electron chi connectivity index (χ0n) is 8.40. The van der Waals surface area contributed by atoms with Crippen molar-refractivity contribution in [3.8, 4) is 0 Å². The molecule has 0 unspecified atom stereocenters. The molecule has 0 aromatic carbocycles. The quantitative estimate of drug-likeness (QED) is 0.796. The van der Waals surface area contributed by atoms with Crippen LogP contribution in [0.2, 0.25) is 0 Å². The second kappa shape index (κ2) is 5.72. The molecule has 1 aromatic rings. The molecule has 1 amide bonds. The molecule has 2 heterocycles. The van der Waals surface area contributed by atoms with Gasteiger partial charge in [-0.3, -0.25) is 15.3 Å². The van der Waals surface area contributed by atoms with E-state index in [4.69, 9.17) is 0 Å². The van der Waals surface area contributed by atoms with Crippen LogP contribution in [0.25, 0.3) is 0 Å². The molecule has 1 aromatic heterocycles. The van der Waals surface area contributed by atoms with E-state index in [1.54, 1.807) is 12.3 Å². The second-order valence-electron chi connectivity index (χ2n) is 3.45. The van der Waals surface area contributed by atoms with Gasteiger partial charge in [-0.15, -0.1) is 12.4 Å². The number of carbonyl (C=O) groups excluding carboxylic acids is 1.